The van der Waals surface area contributed by atoms with Gasteiger partial charge in [-0.15, -0.1) is 0 Å². The minimum atomic E-state index is -0.121. The predicted octanol–water partition coefficient (Wildman–Crippen LogP) is 1.90. The molecule has 6 nitrogen and oxygen atoms in total. The van der Waals surface area contributed by atoms with Crippen LogP contribution in [0.2, 0.25) is 0 Å². The van der Waals surface area contributed by atoms with Crippen molar-refractivity contribution in [3.8, 4) is 5.75 Å². The van der Waals surface area contributed by atoms with E-state index in [4.69, 9.17) is 4.74 Å². The molecular formula is C18H23N3O3. The van der Waals surface area contributed by atoms with Crippen molar-refractivity contribution in [1.82, 2.24) is 5.32 Å². The first-order chi connectivity index (χ1) is 11.6. The van der Waals surface area contributed by atoms with Gasteiger partial charge in [0, 0.05) is 18.8 Å². The second-order valence-electron chi connectivity index (χ2n) is 7.02. The van der Waals surface area contributed by atoms with Crippen LogP contribution in [0.15, 0.2) is 18.2 Å². The average Bonchev–Trinajstić information content (AvgIpc) is 3.03. The minimum absolute atomic E-state index is 0.00931. The molecule has 1 aliphatic carbocycles. The molecule has 2 heterocycles. The molecule has 3 unspecified atom stereocenters. The molecule has 1 saturated heterocycles. The molecule has 1 aromatic carbocycles. The summed E-state index contributed by atoms with van der Waals surface area (Å²) < 4.78 is 5.41. The summed E-state index contributed by atoms with van der Waals surface area (Å²) in [6, 6.07) is 5.80. The summed E-state index contributed by atoms with van der Waals surface area (Å²) in [6.07, 6.45) is 5.86. The third kappa shape index (κ3) is 2.75. The molecule has 0 radical (unpaired) electrons. The molecule has 3 aliphatic rings. The van der Waals surface area contributed by atoms with E-state index in [9.17, 15) is 9.59 Å². The minimum Gasteiger partial charge on any atom is -0.482 e. The quantitative estimate of drug-likeness (QED) is 0.869. The summed E-state index contributed by atoms with van der Waals surface area (Å²) in [5, 5.41) is 6.47. The molecule has 1 aromatic rings. The molecule has 4 rings (SSSR count). The Morgan fingerprint density at radius 2 is 2.17 bits per heavy atom. The maximum atomic E-state index is 12.6. The maximum Gasteiger partial charge on any atom is 0.264 e. The first-order valence-electron chi connectivity index (χ1n) is 8.72. The highest BCUT2D eigenvalue weighted by Crippen LogP contribution is 2.35. The van der Waals surface area contributed by atoms with Crippen molar-refractivity contribution in [3.05, 3.63) is 18.2 Å². The number of ether oxygens (including phenoxy) is 1. The lowest BCUT2D eigenvalue weighted by atomic mass is 9.85. The van der Waals surface area contributed by atoms with Crippen LogP contribution in [0.5, 0.6) is 5.75 Å². The Balaban J connectivity index is 1.46. The number of nitrogens with zero attached hydrogens (tertiary/aromatic N) is 1. The number of carbonyl (C=O) groups is 2. The fourth-order valence-electron chi connectivity index (χ4n) is 4.10. The van der Waals surface area contributed by atoms with Crippen molar-refractivity contribution in [2.24, 2.45) is 5.92 Å². The molecule has 128 valence electrons. The van der Waals surface area contributed by atoms with Crippen molar-refractivity contribution in [3.63, 3.8) is 0 Å². The normalized spacial score (nSPS) is 28.8. The Morgan fingerprint density at radius 3 is 3.00 bits per heavy atom. The standard InChI is InChI=1S/C18H23N3O3/c1-21-15-9-12(6-7-16(15)24-10-17(21)22)19-18(23)14-8-11-4-2-3-5-13(11)20-14/h6-7,9,11,13-14,20H,2-5,8,10H2,1H3,(H,19,23). The van der Waals surface area contributed by atoms with Crippen LogP contribution < -0.4 is 20.3 Å². The van der Waals surface area contributed by atoms with Gasteiger partial charge in [0.05, 0.1) is 11.7 Å². The second kappa shape index (κ2) is 6.09. The van der Waals surface area contributed by atoms with Gasteiger partial charge < -0.3 is 20.3 Å². The van der Waals surface area contributed by atoms with Gasteiger partial charge in [0.2, 0.25) is 5.91 Å². The van der Waals surface area contributed by atoms with Gasteiger partial charge in [-0.3, -0.25) is 9.59 Å². The van der Waals surface area contributed by atoms with Gasteiger partial charge in [-0.1, -0.05) is 12.8 Å². The number of carbonyl (C=O) groups excluding carboxylic acids is 2. The number of nitrogens with one attached hydrogen (secondary N) is 2. The molecule has 6 heteroatoms. The third-order valence-corrected chi connectivity index (χ3v) is 5.49. The molecule has 2 aliphatic heterocycles. The molecule has 0 spiro atoms. The van der Waals surface area contributed by atoms with Crippen LogP contribution in [-0.2, 0) is 9.59 Å². The Labute approximate surface area is 141 Å². The first kappa shape index (κ1) is 15.4. The Morgan fingerprint density at radius 1 is 1.33 bits per heavy atom. The highest BCUT2D eigenvalue weighted by atomic mass is 16.5. The van der Waals surface area contributed by atoms with Crippen molar-refractivity contribution in [1.29, 1.82) is 0 Å². The molecule has 1 saturated carbocycles. The van der Waals surface area contributed by atoms with Crippen molar-refractivity contribution < 1.29 is 14.3 Å². The monoisotopic (exact) mass is 329 g/mol. The van der Waals surface area contributed by atoms with Gasteiger partial charge in [-0.25, -0.2) is 0 Å². The first-order valence-corrected chi connectivity index (χ1v) is 8.72. The zero-order valence-electron chi connectivity index (χ0n) is 13.9. The lowest BCUT2D eigenvalue weighted by Crippen LogP contribution is -2.40. The number of amides is 2. The van der Waals surface area contributed by atoms with E-state index in [0.717, 1.165) is 6.42 Å². The molecule has 0 bridgehead atoms. The summed E-state index contributed by atoms with van der Waals surface area (Å²) in [5.74, 6) is 1.22. The number of fused-ring (bicyclic) bond motifs is 2. The van der Waals surface area contributed by atoms with Gasteiger partial charge in [0.1, 0.15) is 5.75 Å². The highest BCUT2D eigenvalue weighted by molar-refractivity contribution is 6.00. The van der Waals surface area contributed by atoms with E-state index in [1.807, 2.05) is 6.07 Å². The van der Waals surface area contributed by atoms with Crippen LogP contribution in [0.4, 0.5) is 11.4 Å². The topological polar surface area (TPSA) is 70.7 Å². The highest BCUT2D eigenvalue weighted by Gasteiger charge is 2.38. The zero-order valence-corrected chi connectivity index (χ0v) is 13.9. The largest absolute Gasteiger partial charge is 0.482 e. The van der Waals surface area contributed by atoms with E-state index in [1.54, 1.807) is 24.1 Å². The Kier molecular flexibility index (Phi) is 3.92. The lowest BCUT2D eigenvalue weighted by Gasteiger charge is -2.26. The Hall–Kier alpha value is -2.08. The predicted molar refractivity (Wildman–Crippen MR) is 91.3 cm³/mol. The van der Waals surface area contributed by atoms with Crippen LogP contribution in [-0.4, -0.2) is 37.6 Å². The fraction of sp³-hybridized carbons (Fsp3) is 0.556. The van der Waals surface area contributed by atoms with Crippen LogP contribution in [0.1, 0.15) is 32.1 Å². The molecule has 0 aromatic heterocycles. The summed E-state index contributed by atoms with van der Waals surface area (Å²) in [5.41, 5.74) is 1.39. The SMILES string of the molecule is CN1C(=O)COc2ccc(NC(=O)C3CC4CCCCC4N3)cc21. The molecule has 2 amide bonds. The number of anilines is 2. The lowest BCUT2D eigenvalue weighted by molar-refractivity contribution is -0.121. The van der Waals surface area contributed by atoms with Gasteiger partial charge in [0.15, 0.2) is 6.61 Å². The van der Waals surface area contributed by atoms with Crippen LogP contribution >= 0.6 is 0 Å². The van der Waals surface area contributed by atoms with Gasteiger partial charge >= 0.3 is 0 Å². The van der Waals surface area contributed by atoms with Gasteiger partial charge in [0.25, 0.3) is 5.91 Å². The smallest absolute Gasteiger partial charge is 0.264 e. The summed E-state index contributed by atoms with van der Waals surface area (Å²) in [7, 11) is 1.72. The third-order valence-electron chi connectivity index (χ3n) is 5.49. The van der Waals surface area contributed by atoms with Gasteiger partial charge in [-0.05, 0) is 43.4 Å². The van der Waals surface area contributed by atoms with Crippen molar-refractivity contribution in [2.75, 3.05) is 23.9 Å². The maximum absolute atomic E-state index is 12.6. The van der Waals surface area contributed by atoms with E-state index in [0.29, 0.717) is 29.1 Å². The molecule has 2 N–H and O–H groups in total. The van der Waals surface area contributed by atoms with E-state index in [1.165, 1.54) is 25.7 Å². The number of benzene rings is 1. The van der Waals surface area contributed by atoms with E-state index in [2.05, 4.69) is 10.6 Å². The van der Waals surface area contributed by atoms with Crippen molar-refractivity contribution >= 4 is 23.2 Å². The Bertz CT molecular complexity index is 661. The molecule has 3 atom stereocenters. The van der Waals surface area contributed by atoms with Crippen LogP contribution in [0.3, 0.4) is 0 Å². The van der Waals surface area contributed by atoms with Crippen molar-refractivity contribution in [2.45, 2.75) is 44.2 Å². The van der Waals surface area contributed by atoms with Gasteiger partial charge in [-0.2, -0.15) is 0 Å². The summed E-state index contributed by atoms with van der Waals surface area (Å²) >= 11 is 0. The zero-order chi connectivity index (χ0) is 16.7. The number of likely N-dealkylation sites (N-methyl/N-ethyl adjacent to an activating group) is 1. The number of rotatable bonds is 2. The number of hydrogen-bond acceptors (Lipinski definition) is 4. The number of hydrogen-bond donors (Lipinski definition) is 2. The van der Waals surface area contributed by atoms with E-state index < -0.39 is 0 Å². The molecule has 2 fully saturated rings. The fourth-order valence-corrected chi connectivity index (χ4v) is 4.10. The van der Waals surface area contributed by atoms with E-state index in [-0.39, 0.29) is 24.5 Å². The second-order valence-corrected chi connectivity index (χ2v) is 7.02. The van der Waals surface area contributed by atoms with E-state index >= 15 is 0 Å². The average molecular weight is 329 g/mol. The molecular weight excluding hydrogens is 306 g/mol. The summed E-state index contributed by atoms with van der Waals surface area (Å²) in [6.45, 7) is 0.0595. The van der Waals surface area contributed by atoms with Crippen LogP contribution in [0, 0.1) is 5.92 Å². The summed E-state index contributed by atoms with van der Waals surface area (Å²) in [4.78, 5) is 25.9. The molecule has 24 heavy (non-hydrogen) atoms. The van der Waals surface area contributed by atoms with Crippen LogP contribution in [0.25, 0.3) is 0 Å².